The minimum absolute atomic E-state index is 0.128. The van der Waals surface area contributed by atoms with Gasteiger partial charge in [0, 0.05) is 38.1 Å². The minimum atomic E-state index is 0.128. The molecule has 0 aromatic rings. The molecule has 0 radical (unpaired) electrons. The van der Waals surface area contributed by atoms with Gasteiger partial charge in [-0.2, -0.15) is 0 Å². The summed E-state index contributed by atoms with van der Waals surface area (Å²) < 4.78 is 0. The topological polar surface area (TPSA) is 44.4 Å². The zero-order valence-corrected chi connectivity index (χ0v) is 12.0. The highest BCUT2D eigenvalue weighted by Crippen LogP contribution is 1.97. The summed E-state index contributed by atoms with van der Waals surface area (Å²) in [6.45, 7) is 11.1. The van der Waals surface area contributed by atoms with Gasteiger partial charge in [-0.1, -0.05) is 6.92 Å². The Labute approximate surface area is 106 Å². The van der Waals surface area contributed by atoms with Crippen molar-refractivity contribution in [2.75, 3.05) is 26.7 Å². The third-order valence-corrected chi connectivity index (χ3v) is 2.96. The van der Waals surface area contributed by atoms with Gasteiger partial charge >= 0.3 is 0 Å². The van der Waals surface area contributed by atoms with E-state index in [1.54, 1.807) is 0 Å². The number of hydrogen-bond donors (Lipinski definition) is 2. The van der Waals surface area contributed by atoms with E-state index < -0.39 is 0 Å². The Morgan fingerprint density at radius 3 is 2.41 bits per heavy atom. The summed E-state index contributed by atoms with van der Waals surface area (Å²) >= 11 is 0. The summed E-state index contributed by atoms with van der Waals surface area (Å²) in [5.74, 6) is 0.128. The summed E-state index contributed by atoms with van der Waals surface area (Å²) in [6, 6.07) is 0.861. The molecule has 0 aliphatic heterocycles. The maximum atomic E-state index is 11.3. The molecule has 0 bridgehead atoms. The van der Waals surface area contributed by atoms with Crippen molar-refractivity contribution in [2.45, 2.75) is 52.6 Å². The zero-order valence-electron chi connectivity index (χ0n) is 12.0. The molecule has 0 spiro atoms. The van der Waals surface area contributed by atoms with E-state index in [2.05, 4.69) is 36.4 Å². The van der Waals surface area contributed by atoms with Gasteiger partial charge in [-0.25, -0.2) is 0 Å². The molecule has 17 heavy (non-hydrogen) atoms. The third-order valence-electron chi connectivity index (χ3n) is 2.96. The lowest BCUT2D eigenvalue weighted by molar-refractivity contribution is -0.121. The van der Waals surface area contributed by atoms with E-state index in [0.717, 1.165) is 19.6 Å². The van der Waals surface area contributed by atoms with Gasteiger partial charge in [-0.15, -0.1) is 0 Å². The predicted molar refractivity (Wildman–Crippen MR) is 73.1 cm³/mol. The third kappa shape index (κ3) is 9.12. The lowest BCUT2D eigenvalue weighted by Gasteiger charge is -2.23. The fraction of sp³-hybridized carbons (Fsp3) is 0.923. The Kier molecular flexibility index (Phi) is 9.09. The zero-order chi connectivity index (χ0) is 13.3. The first-order valence-electron chi connectivity index (χ1n) is 6.67. The Bertz CT molecular complexity index is 207. The molecule has 0 aromatic heterocycles. The number of carbonyl (C=O) groups excluding carboxylic acids is 1. The van der Waals surface area contributed by atoms with Crippen LogP contribution in [0.3, 0.4) is 0 Å². The highest BCUT2D eigenvalue weighted by molar-refractivity contribution is 5.76. The summed E-state index contributed by atoms with van der Waals surface area (Å²) in [6.07, 6.45) is 1.73. The van der Waals surface area contributed by atoms with Crippen molar-refractivity contribution in [3.63, 3.8) is 0 Å². The summed E-state index contributed by atoms with van der Waals surface area (Å²) in [4.78, 5) is 13.7. The van der Waals surface area contributed by atoms with Crippen molar-refractivity contribution >= 4 is 5.91 Å². The van der Waals surface area contributed by atoms with Crippen LogP contribution in [0.15, 0.2) is 0 Å². The van der Waals surface area contributed by atoms with Gasteiger partial charge in [0.25, 0.3) is 0 Å². The number of nitrogens with one attached hydrogen (secondary N) is 2. The lowest BCUT2D eigenvalue weighted by atomic mass is 10.2. The summed E-state index contributed by atoms with van der Waals surface area (Å²) in [5.41, 5.74) is 0. The molecule has 0 fully saturated rings. The van der Waals surface area contributed by atoms with E-state index >= 15 is 0 Å². The first kappa shape index (κ1) is 16.4. The maximum absolute atomic E-state index is 11.3. The Balaban J connectivity index is 3.43. The Hall–Kier alpha value is -0.610. The van der Waals surface area contributed by atoms with E-state index in [1.165, 1.54) is 6.42 Å². The second-order valence-corrected chi connectivity index (χ2v) is 4.96. The molecule has 102 valence electrons. The first-order chi connectivity index (χ1) is 7.97. The van der Waals surface area contributed by atoms with E-state index in [4.69, 9.17) is 0 Å². The highest BCUT2D eigenvalue weighted by atomic mass is 16.1. The van der Waals surface area contributed by atoms with Crippen LogP contribution in [0.4, 0.5) is 0 Å². The van der Waals surface area contributed by atoms with Gasteiger partial charge in [0.05, 0.1) is 0 Å². The number of rotatable bonds is 9. The van der Waals surface area contributed by atoms with Gasteiger partial charge in [0.15, 0.2) is 0 Å². The highest BCUT2D eigenvalue weighted by Gasteiger charge is 2.06. The van der Waals surface area contributed by atoms with Crippen LogP contribution >= 0.6 is 0 Å². The molecule has 0 rings (SSSR count). The molecule has 4 heteroatoms. The maximum Gasteiger partial charge on any atom is 0.221 e. The molecule has 0 heterocycles. The molecule has 1 unspecified atom stereocenters. The number of likely N-dealkylation sites (N-methyl/N-ethyl adjacent to an activating group) is 1. The number of amides is 1. The monoisotopic (exact) mass is 243 g/mol. The van der Waals surface area contributed by atoms with Gasteiger partial charge < -0.3 is 15.5 Å². The molecule has 1 atom stereocenters. The van der Waals surface area contributed by atoms with Crippen LogP contribution in [0.1, 0.15) is 40.5 Å². The molecule has 4 nitrogen and oxygen atoms in total. The molecule has 0 aromatic carbocycles. The second kappa shape index (κ2) is 9.42. The van der Waals surface area contributed by atoms with Gasteiger partial charge in [0.2, 0.25) is 5.91 Å². The van der Waals surface area contributed by atoms with Crippen molar-refractivity contribution < 1.29 is 4.79 Å². The number of hydrogen-bond acceptors (Lipinski definition) is 3. The van der Waals surface area contributed by atoms with Crippen LogP contribution in [0.25, 0.3) is 0 Å². The van der Waals surface area contributed by atoms with E-state index in [1.807, 2.05) is 13.8 Å². The van der Waals surface area contributed by atoms with Crippen LogP contribution < -0.4 is 10.6 Å². The van der Waals surface area contributed by atoms with Crippen LogP contribution in [0.5, 0.6) is 0 Å². The molecule has 0 aliphatic rings. The smallest absolute Gasteiger partial charge is 0.221 e. The van der Waals surface area contributed by atoms with E-state index in [9.17, 15) is 4.79 Å². The molecule has 1 amide bonds. The van der Waals surface area contributed by atoms with Gasteiger partial charge in [-0.3, -0.25) is 4.79 Å². The van der Waals surface area contributed by atoms with Crippen molar-refractivity contribution in [3.05, 3.63) is 0 Å². The molecule has 0 saturated carbocycles. The quantitative estimate of drug-likeness (QED) is 0.599. The molecular formula is C13H29N3O. The fourth-order valence-electron chi connectivity index (χ4n) is 1.51. The summed E-state index contributed by atoms with van der Waals surface area (Å²) in [5, 5.41) is 6.18. The predicted octanol–water partition coefficient (Wildman–Crippen LogP) is 1.22. The van der Waals surface area contributed by atoms with Crippen molar-refractivity contribution in [1.29, 1.82) is 0 Å². The van der Waals surface area contributed by atoms with Crippen LogP contribution in [0, 0.1) is 0 Å². The van der Waals surface area contributed by atoms with Crippen molar-refractivity contribution in [3.8, 4) is 0 Å². The van der Waals surface area contributed by atoms with Crippen molar-refractivity contribution in [2.24, 2.45) is 0 Å². The van der Waals surface area contributed by atoms with E-state index in [0.29, 0.717) is 12.5 Å². The fourth-order valence-corrected chi connectivity index (χ4v) is 1.51. The lowest BCUT2D eigenvalue weighted by Crippen LogP contribution is -2.37. The second-order valence-electron chi connectivity index (χ2n) is 4.96. The molecule has 0 aliphatic carbocycles. The minimum Gasteiger partial charge on any atom is -0.354 e. The summed E-state index contributed by atoms with van der Waals surface area (Å²) in [7, 11) is 2.14. The van der Waals surface area contributed by atoms with Crippen LogP contribution in [0.2, 0.25) is 0 Å². The van der Waals surface area contributed by atoms with Crippen LogP contribution in [-0.4, -0.2) is 49.6 Å². The van der Waals surface area contributed by atoms with Crippen LogP contribution in [-0.2, 0) is 4.79 Å². The average Bonchev–Trinajstić information content (AvgIpc) is 2.26. The van der Waals surface area contributed by atoms with Gasteiger partial charge in [0.1, 0.15) is 0 Å². The Morgan fingerprint density at radius 1 is 1.24 bits per heavy atom. The van der Waals surface area contributed by atoms with Crippen molar-refractivity contribution in [1.82, 2.24) is 15.5 Å². The van der Waals surface area contributed by atoms with Gasteiger partial charge in [-0.05, 0) is 34.2 Å². The molecule has 2 N–H and O–H groups in total. The largest absolute Gasteiger partial charge is 0.354 e. The average molecular weight is 243 g/mol. The number of nitrogens with zero attached hydrogens (tertiary/aromatic N) is 1. The first-order valence-corrected chi connectivity index (χ1v) is 6.67. The molecular weight excluding hydrogens is 214 g/mol. The Morgan fingerprint density at radius 2 is 1.88 bits per heavy atom. The molecule has 0 saturated heterocycles. The SMILES string of the molecule is CCC(C)N(C)CCNCCC(=O)NC(C)C. The van der Waals surface area contributed by atoms with E-state index in [-0.39, 0.29) is 11.9 Å². The normalized spacial score (nSPS) is 13.1. The standard InChI is InChI=1S/C13H29N3O/c1-6-12(4)16(5)10-9-14-8-7-13(17)15-11(2)3/h11-12,14H,6-10H2,1-5H3,(H,15,17). The number of carbonyl (C=O) groups is 1.